The minimum absolute atomic E-state index is 0.119. The van der Waals surface area contributed by atoms with Crippen LogP contribution in [0.2, 0.25) is 0 Å². The van der Waals surface area contributed by atoms with E-state index >= 15 is 0 Å². The smallest absolute Gasteiger partial charge is 0.125 e. The largest absolute Gasteiger partial charge is 0.507 e. The van der Waals surface area contributed by atoms with E-state index in [1.165, 1.54) is 0 Å². The van der Waals surface area contributed by atoms with Gasteiger partial charge in [0.25, 0.3) is 0 Å². The molecule has 0 aliphatic heterocycles. The van der Waals surface area contributed by atoms with E-state index in [-0.39, 0.29) is 12.2 Å². The van der Waals surface area contributed by atoms with Crippen molar-refractivity contribution in [2.45, 2.75) is 81.4 Å². The Morgan fingerprint density at radius 3 is 0.935 bits per heavy atom. The molecule has 6 heteroatoms. The first kappa shape index (κ1) is 34.9. The van der Waals surface area contributed by atoms with Gasteiger partial charge in [-0.05, 0) is 185 Å². The van der Waals surface area contributed by atoms with Crippen molar-refractivity contribution in [2.75, 3.05) is 26.4 Å². The fourth-order valence-corrected chi connectivity index (χ4v) is 5.94. The van der Waals surface area contributed by atoms with Crippen LogP contribution < -0.4 is 9.47 Å². The van der Waals surface area contributed by atoms with E-state index in [0.717, 1.165) is 78.3 Å². The van der Waals surface area contributed by atoms with Crippen molar-refractivity contribution in [1.29, 1.82) is 0 Å². The normalized spacial score (nSPS) is 12.7. The highest BCUT2D eigenvalue weighted by molar-refractivity contribution is 5.71. The van der Waals surface area contributed by atoms with Crippen LogP contribution in [0.15, 0.2) is 48.5 Å². The van der Waals surface area contributed by atoms with E-state index in [9.17, 15) is 10.2 Å². The molecule has 0 saturated heterocycles. The molecule has 2 unspecified atom stereocenters. The summed E-state index contributed by atoms with van der Waals surface area (Å²) < 4.78 is 24.3. The molecule has 0 aromatic heterocycles. The van der Waals surface area contributed by atoms with Crippen molar-refractivity contribution >= 4 is 0 Å². The Bertz CT molecular complexity index is 1470. The predicted octanol–water partition coefficient (Wildman–Crippen LogP) is 9.17. The van der Waals surface area contributed by atoms with Crippen LogP contribution in [0.25, 0.3) is 22.3 Å². The maximum absolute atomic E-state index is 10.2. The maximum Gasteiger partial charge on any atom is 0.125 e. The van der Waals surface area contributed by atoms with E-state index in [0.29, 0.717) is 37.9 Å². The number of benzene rings is 4. The fraction of sp³-hybridized carbons (Fsp3) is 0.400. The number of hydrogen-bond acceptors (Lipinski definition) is 6. The molecular formula is C40H50O6. The molecule has 0 fully saturated rings. The van der Waals surface area contributed by atoms with Gasteiger partial charge >= 0.3 is 0 Å². The SMILES string of the molecule is Cc1cc(-c2cc(C)c(OC(C)COCCOCC(C)Oc3c(C)cc(-c4cc(C)c(O)c(C)c4)cc3C)c(C)c2)cc(C)c1O. The van der Waals surface area contributed by atoms with E-state index in [1.54, 1.807) is 0 Å². The molecule has 0 saturated carbocycles. The summed E-state index contributed by atoms with van der Waals surface area (Å²) in [5.74, 6) is 2.45. The number of ether oxygens (including phenoxy) is 4. The zero-order valence-electron chi connectivity index (χ0n) is 29.1. The van der Waals surface area contributed by atoms with Crippen LogP contribution in [0.1, 0.15) is 58.4 Å². The molecule has 4 rings (SSSR count). The van der Waals surface area contributed by atoms with Crippen molar-refractivity contribution in [2.24, 2.45) is 0 Å². The summed E-state index contributed by atoms with van der Waals surface area (Å²) in [6, 6.07) is 16.6. The minimum Gasteiger partial charge on any atom is -0.507 e. The molecule has 0 aliphatic rings. The molecule has 6 nitrogen and oxygen atoms in total. The van der Waals surface area contributed by atoms with Crippen molar-refractivity contribution in [3.8, 4) is 45.3 Å². The Balaban J connectivity index is 1.22. The fourth-order valence-electron chi connectivity index (χ4n) is 5.94. The lowest BCUT2D eigenvalue weighted by Crippen LogP contribution is -2.23. The molecule has 0 amide bonds. The molecule has 0 radical (unpaired) electrons. The first-order valence-electron chi connectivity index (χ1n) is 16.1. The number of aryl methyl sites for hydroxylation is 8. The van der Waals surface area contributed by atoms with Crippen molar-refractivity contribution in [1.82, 2.24) is 0 Å². The Morgan fingerprint density at radius 2 is 0.674 bits per heavy atom. The third kappa shape index (κ3) is 8.42. The van der Waals surface area contributed by atoms with Gasteiger partial charge in [-0.3, -0.25) is 0 Å². The van der Waals surface area contributed by atoms with Gasteiger partial charge in [0.2, 0.25) is 0 Å². The molecule has 246 valence electrons. The number of phenolic OH excluding ortho intramolecular Hbond substituents is 2. The lowest BCUT2D eigenvalue weighted by Gasteiger charge is -2.21. The molecule has 0 spiro atoms. The molecule has 0 heterocycles. The summed E-state index contributed by atoms with van der Waals surface area (Å²) in [6.45, 7) is 21.8. The number of aromatic hydroxyl groups is 2. The van der Waals surface area contributed by atoms with Crippen LogP contribution in [-0.4, -0.2) is 48.8 Å². The zero-order valence-corrected chi connectivity index (χ0v) is 29.1. The van der Waals surface area contributed by atoms with Gasteiger partial charge in [-0.15, -0.1) is 0 Å². The molecule has 2 atom stereocenters. The Hall–Kier alpha value is -4.00. The van der Waals surface area contributed by atoms with Crippen LogP contribution in [0.4, 0.5) is 0 Å². The van der Waals surface area contributed by atoms with Crippen LogP contribution in [0.5, 0.6) is 23.0 Å². The van der Waals surface area contributed by atoms with Gasteiger partial charge in [-0.2, -0.15) is 0 Å². The first-order chi connectivity index (χ1) is 21.7. The topological polar surface area (TPSA) is 77.4 Å². The average molecular weight is 627 g/mol. The van der Waals surface area contributed by atoms with Gasteiger partial charge in [0.05, 0.1) is 26.4 Å². The highest BCUT2D eigenvalue weighted by Gasteiger charge is 2.15. The summed E-state index contributed by atoms with van der Waals surface area (Å²) in [5, 5.41) is 20.3. The summed E-state index contributed by atoms with van der Waals surface area (Å²) in [6.07, 6.45) is -0.237. The number of phenols is 2. The molecule has 4 aromatic carbocycles. The molecule has 0 aliphatic carbocycles. The molecule has 0 bridgehead atoms. The minimum atomic E-state index is -0.119. The standard InChI is InChI=1S/C40H50O6/c1-23-13-33(14-24(2)37(23)41)35-17-27(5)39(28(6)18-35)45-31(9)21-43-11-12-44-22-32(10)46-40-29(7)19-36(20-30(40)8)34-15-25(3)38(42)26(4)16-34/h13-20,31-32,41-42H,11-12,21-22H2,1-10H3. The number of hydrogen-bond donors (Lipinski definition) is 2. The summed E-state index contributed by atoms with van der Waals surface area (Å²) >= 11 is 0. The monoisotopic (exact) mass is 626 g/mol. The second-order valence-electron chi connectivity index (χ2n) is 12.8. The van der Waals surface area contributed by atoms with Crippen LogP contribution >= 0.6 is 0 Å². The third-order valence-corrected chi connectivity index (χ3v) is 8.28. The molecule has 2 N–H and O–H groups in total. The van der Waals surface area contributed by atoms with E-state index in [1.807, 2.05) is 65.8 Å². The van der Waals surface area contributed by atoms with Crippen LogP contribution in [-0.2, 0) is 9.47 Å². The first-order valence-corrected chi connectivity index (χ1v) is 16.1. The van der Waals surface area contributed by atoms with Gasteiger partial charge in [0.15, 0.2) is 0 Å². The van der Waals surface area contributed by atoms with E-state index < -0.39 is 0 Å². The van der Waals surface area contributed by atoms with E-state index in [2.05, 4.69) is 52.0 Å². The quantitative estimate of drug-likeness (QED) is 0.144. The zero-order chi connectivity index (χ0) is 33.7. The van der Waals surface area contributed by atoms with Gasteiger partial charge < -0.3 is 29.2 Å². The van der Waals surface area contributed by atoms with Crippen molar-refractivity contribution in [3.05, 3.63) is 93.0 Å². The molecule has 4 aromatic rings. The summed E-state index contributed by atoms with van der Waals surface area (Å²) in [7, 11) is 0. The van der Waals surface area contributed by atoms with Gasteiger partial charge in [-0.1, -0.05) is 0 Å². The van der Waals surface area contributed by atoms with Crippen LogP contribution in [0, 0.1) is 55.4 Å². The highest BCUT2D eigenvalue weighted by Crippen LogP contribution is 2.35. The second-order valence-corrected chi connectivity index (χ2v) is 12.8. The van der Waals surface area contributed by atoms with Gasteiger partial charge in [-0.25, -0.2) is 0 Å². The molecule has 46 heavy (non-hydrogen) atoms. The van der Waals surface area contributed by atoms with E-state index in [4.69, 9.17) is 18.9 Å². The Labute approximate surface area is 274 Å². The van der Waals surface area contributed by atoms with Gasteiger partial charge in [0, 0.05) is 0 Å². The maximum atomic E-state index is 10.2. The second kappa shape index (κ2) is 15.1. The Morgan fingerprint density at radius 1 is 0.435 bits per heavy atom. The van der Waals surface area contributed by atoms with Gasteiger partial charge in [0.1, 0.15) is 35.2 Å². The highest BCUT2D eigenvalue weighted by atomic mass is 16.6. The summed E-state index contributed by atoms with van der Waals surface area (Å²) in [5.41, 5.74) is 12.1. The van der Waals surface area contributed by atoms with Crippen molar-refractivity contribution in [3.63, 3.8) is 0 Å². The molecular weight excluding hydrogens is 576 g/mol. The van der Waals surface area contributed by atoms with Crippen LogP contribution in [0.3, 0.4) is 0 Å². The summed E-state index contributed by atoms with van der Waals surface area (Å²) in [4.78, 5) is 0. The lowest BCUT2D eigenvalue weighted by atomic mass is 9.96. The lowest BCUT2D eigenvalue weighted by molar-refractivity contribution is -0.00193. The number of rotatable bonds is 13. The average Bonchev–Trinajstić information content (AvgIpc) is 2.99. The third-order valence-electron chi connectivity index (χ3n) is 8.28. The predicted molar refractivity (Wildman–Crippen MR) is 187 cm³/mol. The Kier molecular flexibility index (Phi) is 11.4. The van der Waals surface area contributed by atoms with Crippen molar-refractivity contribution < 1.29 is 29.2 Å².